The Morgan fingerprint density at radius 3 is 2.09 bits per heavy atom. The Morgan fingerprint density at radius 1 is 0.755 bits per heavy atom. The third-order valence-corrected chi connectivity index (χ3v) is 11.0. The lowest BCUT2D eigenvalue weighted by Crippen LogP contribution is -2.67. The van der Waals surface area contributed by atoms with Crippen molar-refractivity contribution in [3.05, 3.63) is 0 Å². The first-order valence-electron chi connectivity index (χ1n) is 18.6. The van der Waals surface area contributed by atoms with Crippen LogP contribution in [-0.4, -0.2) is 186 Å². The summed E-state index contributed by atoms with van der Waals surface area (Å²) in [6.07, 6.45) is -14.5. The highest BCUT2D eigenvalue weighted by atomic mass is 16.8. The van der Waals surface area contributed by atoms with E-state index in [9.17, 15) is 35.4 Å². The lowest BCUT2D eigenvalue weighted by molar-refractivity contribution is -0.290. The third kappa shape index (κ3) is 10.2. The van der Waals surface area contributed by atoms with E-state index in [1.807, 2.05) is 0 Å². The molecule has 21 heteroatoms. The topological polar surface area (TPSA) is 374 Å². The summed E-state index contributed by atoms with van der Waals surface area (Å²) < 4.78 is 36.3. The van der Waals surface area contributed by atoms with Crippen LogP contribution < -0.4 is 45.0 Å². The number of aliphatic hydroxyl groups is 6. The first-order valence-corrected chi connectivity index (χ1v) is 18.6. The fourth-order valence-corrected chi connectivity index (χ4v) is 7.71. The Labute approximate surface area is 308 Å². The van der Waals surface area contributed by atoms with Crippen LogP contribution in [-0.2, 0) is 33.2 Å². The Morgan fingerprint density at radius 2 is 1.43 bits per heavy atom. The summed E-state index contributed by atoms with van der Waals surface area (Å²) in [5.41, 5.74) is 36.2. The summed E-state index contributed by atoms with van der Waals surface area (Å²) in [6, 6.07) is -3.50. The monoisotopic (exact) mass is 766 g/mol. The van der Waals surface area contributed by atoms with E-state index >= 15 is 0 Å². The van der Waals surface area contributed by atoms with Gasteiger partial charge in [-0.2, -0.15) is 0 Å². The number of ether oxygens (including phenoxy) is 6. The quantitative estimate of drug-likeness (QED) is 0.0693. The molecule has 0 radical (unpaired) electrons. The molecule has 1 amide bonds. The Kier molecular flexibility index (Phi) is 15.6. The first kappa shape index (κ1) is 42.8. The van der Waals surface area contributed by atoms with Crippen molar-refractivity contribution >= 4 is 5.91 Å². The molecule has 3 saturated heterocycles. The van der Waals surface area contributed by atoms with Gasteiger partial charge >= 0.3 is 0 Å². The van der Waals surface area contributed by atoms with Crippen LogP contribution in [0.15, 0.2) is 0 Å². The second-order valence-corrected chi connectivity index (χ2v) is 15.1. The van der Waals surface area contributed by atoms with Crippen molar-refractivity contribution in [1.82, 2.24) is 10.6 Å². The van der Waals surface area contributed by atoms with E-state index in [0.29, 0.717) is 25.3 Å². The van der Waals surface area contributed by atoms with Gasteiger partial charge in [0.25, 0.3) is 0 Å². The van der Waals surface area contributed by atoms with Gasteiger partial charge in [0.2, 0.25) is 5.91 Å². The van der Waals surface area contributed by atoms with Gasteiger partial charge in [0.15, 0.2) is 18.9 Å². The summed E-state index contributed by atoms with van der Waals surface area (Å²) in [4.78, 5) is 12.8. The van der Waals surface area contributed by atoms with Crippen LogP contribution in [0, 0.1) is 5.92 Å². The number of nitrogens with two attached hydrogens (primary N) is 6. The van der Waals surface area contributed by atoms with Gasteiger partial charge in [0, 0.05) is 25.2 Å². The number of nitrogens with one attached hydrogen (secondary N) is 2. The molecule has 5 rings (SSSR count). The van der Waals surface area contributed by atoms with Gasteiger partial charge < -0.3 is 104 Å². The van der Waals surface area contributed by atoms with E-state index in [4.69, 9.17) is 62.8 Å². The second-order valence-electron chi connectivity index (χ2n) is 15.1. The smallest absolute Gasteiger partial charge is 0.249 e. The highest BCUT2D eigenvalue weighted by Crippen LogP contribution is 2.35. The highest BCUT2D eigenvalue weighted by molar-refractivity contribution is 5.80. The van der Waals surface area contributed by atoms with Gasteiger partial charge in [-0.15, -0.1) is 0 Å². The predicted octanol–water partition coefficient (Wildman–Crippen LogP) is -7.60. The predicted molar refractivity (Wildman–Crippen MR) is 184 cm³/mol. The summed E-state index contributed by atoms with van der Waals surface area (Å²) in [6.45, 7) is 0.580. The van der Waals surface area contributed by atoms with Gasteiger partial charge in [0.1, 0.15) is 61.0 Å². The van der Waals surface area contributed by atoms with Crippen LogP contribution in [0.3, 0.4) is 0 Å². The number of carbonyl (C=O) groups is 1. The molecule has 53 heavy (non-hydrogen) atoms. The number of amides is 1. The van der Waals surface area contributed by atoms with Gasteiger partial charge in [-0.3, -0.25) is 4.79 Å². The van der Waals surface area contributed by atoms with Crippen molar-refractivity contribution in [3.63, 3.8) is 0 Å². The minimum absolute atomic E-state index is 0.00425. The van der Waals surface area contributed by atoms with Crippen LogP contribution in [0.25, 0.3) is 0 Å². The standard InChI is InChI=1S/C32H62N8O13/c33-4-3-18(42)29(47)40-17-7-16(37)26(51-30-15(36)2-1-14(48-30)10-39-9-12-5-13(35)6-12)28(22(17)43)53-32-25(46)27(20(11-41)50-32)52-31-21(38)24(45)23(44)19(8-34)49-31/h12-28,30-32,39,41-46H,1-11,33-38H2,(H,40,47)/t12?,13?,14-,15+,16-,17+,18?,19-,20+,21+,22-,23+,24+,25+,26+,27+,28+,30+,31+,32-/m0/s1. The average Bonchev–Trinajstić information content (AvgIpc) is 3.41. The summed E-state index contributed by atoms with van der Waals surface area (Å²) >= 11 is 0. The van der Waals surface area contributed by atoms with Crippen LogP contribution >= 0.6 is 0 Å². The Hall–Kier alpha value is -1.29. The fraction of sp³-hybridized carbons (Fsp3) is 0.969. The largest absolute Gasteiger partial charge is 0.394 e. The number of hydrogen-bond donors (Lipinski definition) is 14. The molecule has 5 fully saturated rings. The SMILES string of the molecule is NCCC(O)C(=O)N[C@@H]1C[C@H](N)[C@@H](O[C@H]2O[C@H](CNCC3CC(N)C3)CC[C@H]2N)[C@H](O[C@@H]2O[C@H](CO)[C@@H](O[C@H]3O[C@@H](CN)[C@@H](O)[C@H](O)[C@H]3N)[C@H]2O)[C@H]1O. The lowest BCUT2D eigenvalue weighted by Gasteiger charge is -2.46. The average molecular weight is 767 g/mol. The molecular formula is C32H62N8O13. The van der Waals surface area contributed by atoms with Crippen molar-refractivity contribution in [2.24, 2.45) is 40.3 Å². The van der Waals surface area contributed by atoms with E-state index < -0.39 is 117 Å². The number of carbonyl (C=O) groups excluding carboxylic acids is 1. The molecule has 2 saturated carbocycles. The summed E-state index contributed by atoms with van der Waals surface area (Å²) in [5, 5.41) is 70.3. The first-order chi connectivity index (χ1) is 25.3. The molecule has 0 aromatic carbocycles. The third-order valence-electron chi connectivity index (χ3n) is 11.0. The molecule has 0 bridgehead atoms. The normalized spacial score (nSPS) is 46.8. The van der Waals surface area contributed by atoms with Crippen LogP contribution in [0.4, 0.5) is 0 Å². The maximum atomic E-state index is 12.8. The maximum absolute atomic E-state index is 12.8. The summed E-state index contributed by atoms with van der Waals surface area (Å²) in [5.74, 6) is -0.259. The van der Waals surface area contributed by atoms with Gasteiger partial charge in [0.05, 0.1) is 30.8 Å². The highest BCUT2D eigenvalue weighted by Gasteiger charge is 2.54. The molecule has 0 aromatic rings. The van der Waals surface area contributed by atoms with Gasteiger partial charge in [-0.25, -0.2) is 0 Å². The van der Waals surface area contributed by atoms with Crippen LogP contribution in [0.2, 0.25) is 0 Å². The zero-order chi connectivity index (χ0) is 38.6. The van der Waals surface area contributed by atoms with E-state index in [1.165, 1.54) is 0 Å². The van der Waals surface area contributed by atoms with Crippen molar-refractivity contribution in [2.45, 2.75) is 155 Å². The number of aliphatic hydroxyl groups excluding tert-OH is 6. The van der Waals surface area contributed by atoms with Crippen LogP contribution in [0.1, 0.15) is 38.5 Å². The van der Waals surface area contributed by atoms with Crippen LogP contribution in [0.5, 0.6) is 0 Å². The molecule has 21 nitrogen and oxygen atoms in total. The van der Waals surface area contributed by atoms with Crippen molar-refractivity contribution < 1.29 is 63.9 Å². The molecule has 18 atom stereocenters. The zero-order valence-corrected chi connectivity index (χ0v) is 29.8. The molecule has 0 aromatic heterocycles. The maximum Gasteiger partial charge on any atom is 0.249 e. The Bertz CT molecular complexity index is 1150. The molecule has 5 aliphatic rings. The van der Waals surface area contributed by atoms with E-state index in [0.717, 1.165) is 19.4 Å². The zero-order valence-electron chi connectivity index (χ0n) is 29.8. The molecule has 20 N–H and O–H groups in total. The minimum Gasteiger partial charge on any atom is -0.394 e. The molecule has 2 aliphatic carbocycles. The molecule has 3 aliphatic heterocycles. The van der Waals surface area contributed by atoms with Crippen molar-refractivity contribution in [2.75, 3.05) is 32.8 Å². The lowest BCUT2D eigenvalue weighted by atomic mass is 9.81. The molecular weight excluding hydrogens is 704 g/mol. The molecule has 1 unspecified atom stereocenters. The van der Waals surface area contributed by atoms with Crippen molar-refractivity contribution in [1.29, 1.82) is 0 Å². The summed E-state index contributed by atoms with van der Waals surface area (Å²) in [7, 11) is 0. The Balaban J connectivity index is 1.30. The van der Waals surface area contributed by atoms with Crippen molar-refractivity contribution in [3.8, 4) is 0 Å². The minimum atomic E-state index is -1.64. The number of rotatable bonds is 16. The van der Waals surface area contributed by atoms with E-state index in [1.54, 1.807) is 0 Å². The van der Waals surface area contributed by atoms with E-state index in [2.05, 4.69) is 10.6 Å². The van der Waals surface area contributed by atoms with E-state index in [-0.39, 0.29) is 38.1 Å². The fourth-order valence-electron chi connectivity index (χ4n) is 7.71. The van der Waals surface area contributed by atoms with Gasteiger partial charge in [-0.05, 0) is 57.5 Å². The molecule has 0 spiro atoms. The number of hydrogen-bond acceptors (Lipinski definition) is 20. The second kappa shape index (κ2) is 19.2. The molecule has 3 heterocycles. The van der Waals surface area contributed by atoms with Gasteiger partial charge in [-0.1, -0.05) is 0 Å². The molecule has 308 valence electrons.